The molecule has 61 heavy (non-hydrogen) atoms. The number of nitrogens with zero attached hydrogens (tertiary/aromatic N) is 2. The Labute approximate surface area is 357 Å². The van der Waals surface area contributed by atoms with Crippen LogP contribution in [0.5, 0.6) is 0 Å². The van der Waals surface area contributed by atoms with Gasteiger partial charge in [0.05, 0.1) is 11.4 Å². The summed E-state index contributed by atoms with van der Waals surface area (Å²) < 4.78 is 0. The SMILES string of the molecule is CC1(C)c2ccccc2-c2cc(-c3ccc4ccccc4c3)c(-c3cccc(-c4cccc(-c5cc(-c6cccc(-c7ccccc7)c6)nc(-c6ccccc6)n5)c4)c3)cc21. The lowest BCUT2D eigenvalue weighted by Crippen LogP contribution is -2.15. The minimum Gasteiger partial charge on any atom is -0.228 e. The van der Waals surface area contributed by atoms with E-state index < -0.39 is 0 Å². The van der Waals surface area contributed by atoms with Crippen molar-refractivity contribution in [3.05, 3.63) is 230 Å². The Bertz CT molecular complexity index is 3270. The second-order valence-corrected chi connectivity index (χ2v) is 16.6. The molecule has 9 aromatic carbocycles. The van der Waals surface area contributed by atoms with E-state index in [4.69, 9.17) is 9.97 Å². The quantitative estimate of drug-likeness (QED) is 0.161. The summed E-state index contributed by atoms with van der Waals surface area (Å²) in [6.07, 6.45) is 0. The molecule has 288 valence electrons. The standard InChI is InChI=1S/C59H42N2/c1-59(2)54-29-12-11-28-50(54)53-36-51(47-31-30-40-18-9-10-21-42(40)32-47)52(37-55(53)59)46-25-13-23-44(33-46)45-24-15-27-49(35-45)57-38-56(60-58(61-57)41-19-7-4-8-20-41)48-26-14-22-43(34-48)39-16-5-3-6-17-39/h3-38H,1-2H3. The maximum absolute atomic E-state index is 5.20. The molecule has 2 heteroatoms. The van der Waals surface area contributed by atoms with Crippen LogP contribution in [-0.4, -0.2) is 9.97 Å². The van der Waals surface area contributed by atoms with Gasteiger partial charge in [0.15, 0.2) is 5.82 Å². The lowest BCUT2D eigenvalue weighted by molar-refractivity contribution is 0.660. The zero-order chi connectivity index (χ0) is 40.9. The van der Waals surface area contributed by atoms with Crippen LogP contribution < -0.4 is 0 Å². The highest BCUT2D eigenvalue weighted by Gasteiger charge is 2.36. The van der Waals surface area contributed by atoms with Crippen molar-refractivity contribution in [1.82, 2.24) is 9.97 Å². The van der Waals surface area contributed by atoms with E-state index in [2.05, 4.69) is 214 Å². The topological polar surface area (TPSA) is 25.8 Å². The molecule has 0 fully saturated rings. The number of aromatic nitrogens is 2. The minimum absolute atomic E-state index is 0.119. The van der Waals surface area contributed by atoms with Crippen LogP contribution in [0.2, 0.25) is 0 Å². The number of benzene rings is 9. The Hall–Kier alpha value is -7.68. The second kappa shape index (κ2) is 14.9. The fourth-order valence-corrected chi connectivity index (χ4v) is 9.25. The van der Waals surface area contributed by atoms with E-state index in [9.17, 15) is 0 Å². The van der Waals surface area contributed by atoms with Crippen molar-refractivity contribution in [3.63, 3.8) is 0 Å². The molecule has 1 aliphatic rings. The second-order valence-electron chi connectivity index (χ2n) is 16.6. The molecule has 11 rings (SSSR count). The molecule has 2 nitrogen and oxygen atoms in total. The summed E-state index contributed by atoms with van der Waals surface area (Å²) in [6.45, 7) is 4.72. The molecule has 0 aliphatic heterocycles. The lowest BCUT2D eigenvalue weighted by Gasteiger charge is -2.23. The molecule has 0 saturated carbocycles. The van der Waals surface area contributed by atoms with Crippen molar-refractivity contribution in [2.75, 3.05) is 0 Å². The van der Waals surface area contributed by atoms with E-state index in [1.807, 2.05) is 18.2 Å². The fourth-order valence-electron chi connectivity index (χ4n) is 9.25. The van der Waals surface area contributed by atoms with Gasteiger partial charge in [-0.25, -0.2) is 9.97 Å². The minimum atomic E-state index is -0.119. The van der Waals surface area contributed by atoms with E-state index in [0.29, 0.717) is 5.82 Å². The van der Waals surface area contributed by atoms with Gasteiger partial charge in [0, 0.05) is 22.1 Å². The largest absolute Gasteiger partial charge is 0.228 e. The molecule has 0 amide bonds. The Balaban J connectivity index is 1.03. The molecule has 0 atom stereocenters. The van der Waals surface area contributed by atoms with Crippen LogP contribution in [0.15, 0.2) is 218 Å². The Kier molecular flexibility index (Phi) is 8.86. The molecule has 0 radical (unpaired) electrons. The van der Waals surface area contributed by atoms with E-state index >= 15 is 0 Å². The van der Waals surface area contributed by atoms with Crippen molar-refractivity contribution in [3.8, 4) is 89.5 Å². The third kappa shape index (κ3) is 6.63. The van der Waals surface area contributed by atoms with Crippen LogP contribution in [0.1, 0.15) is 25.0 Å². The number of rotatable bonds is 7. The average Bonchev–Trinajstić information content (AvgIpc) is 3.56. The first-order chi connectivity index (χ1) is 30.0. The predicted molar refractivity (Wildman–Crippen MR) is 255 cm³/mol. The zero-order valence-corrected chi connectivity index (χ0v) is 34.2. The normalized spacial score (nSPS) is 12.6. The maximum Gasteiger partial charge on any atom is 0.160 e. The third-order valence-electron chi connectivity index (χ3n) is 12.5. The van der Waals surface area contributed by atoms with Crippen molar-refractivity contribution >= 4 is 10.8 Å². The third-order valence-corrected chi connectivity index (χ3v) is 12.5. The van der Waals surface area contributed by atoms with E-state index in [1.165, 1.54) is 60.8 Å². The van der Waals surface area contributed by atoms with E-state index in [1.54, 1.807) is 0 Å². The van der Waals surface area contributed by atoms with Crippen molar-refractivity contribution in [2.24, 2.45) is 0 Å². The summed E-state index contributed by atoms with van der Waals surface area (Å²) in [5.74, 6) is 0.702. The van der Waals surface area contributed by atoms with Crippen molar-refractivity contribution < 1.29 is 0 Å². The summed E-state index contributed by atoms with van der Waals surface area (Å²) in [5, 5.41) is 2.49. The van der Waals surface area contributed by atoms with Crippen LogP contribution in [0.3, 0.4) is 0 Å². The fraction of sp³-hybridized carbons (Fsp3) is 0.0508. The van der Waals surface area contributed by atoms with Gasteiger partial charge in [0.25, 0.3) is 0 Å². The average molecular weight is 779 g/mol. The lowest BCUT2D eigenvalue weighted by atomic mass is 9.80. The van der Waals surface area contributed by atoms with Gasteiger partial charge in [-0.15, -0.1) is 0 Å². The highest BCUT2D eigenvalue weighted by Crippen LogP contribution is 2.52. The van der Waals surface area contributed by atoms with Gasteiger partial charge in [0.2, 0.25) is 0 Å². The molecule has 10 aromatic rings. The van der Waals surface area contributed by atoms with Gasteiger partial charge >= 0.3 is 0 Å². The Morgan fingerprint density at radius 2 is 0.770 bits per heavy atom. The molecular formula is C59H42N2. The summed E-state index contributed by atoms with van der Waals surface area (Å²) in [5.41, 5.74) is 19.6. The molecule has 0 spiro atoms. The van der Waals surface area contributed by atoms with Gasteiger partial charge < -0.3 is 0 Å². The van der Waals surface area contributed by atoms with Crippen molar-refractivity contribution in [2.45, 2.75) is 19.3 Å². The van der Waals surface area contributed by atoms with Crippen LogP contribution in [0.25, 0.3) is 100 Å². The van der Waals surface area contributed by atoms with Gasteiger partial charge in [0.1, 0.15) is 0 Å². The first-order valence-electron chi connectivity index (χ1n) is 21.1. The van der Waals surface area contributed by atoms with Crippen LogP contribution in [0, 0.1) is 0 Å². The molecule has 0 bridgehead atoms. The number of hydrogen-bond acceptors (Lipinski definition) is 2. The predicted octanol–water partition coefficient (Wildman–Crippen LogP) is 15.6. The molecular weight excluding hydrogens is 737 g/mol. The maximum atomic E-state index is 5.20. The van der Waals surface area contributed by atoms with E-state index in [0.717, 1.165) is 44.8 Å². The summed E-state index contributed by atoms with van der Waals surface area (Å²) >= 11 is 0. The van der Waals surface area contributed by atoms with Crippen LogP contribution >= 0.6 is 0 Å². The molecule has 0 unspecified atom stereocenters. The molecule has 1 heterocycles. The Morgan fingerprint density at radius 3 is 1.46 bits per heavy atom. The summed E-state index contributed by atoms with van der Waals surface area (Å²) in [4.78, 5) is 10.3. The molecule has 0 saturated heterocycles. The first-order valence-corrected chi connectivity index (χ1v) is 21.1. The van der Waals surface area contributed by atoms with Gasteiger partial charge in [-0.05, 0) is 120 Å². The molecule has 1 aliphatic carbocycles. The number of hydrogen-bond donors (Lipinski definition) is 0. The van der Waals surface area contributed by atoms with Crippen LogP contribution in [-0.2, 0) is 5.41 Å². The van der Waals surface area contributed by atoms with Gasteiger partial charge in [-0.2, -0.15) is 0 Å². The highest BCUT2D eigenvalue weighted by molar-refractivity contribution is 5.96. The smallest absolute Gasteiger partial charge is 0.160 e. The van der Waals surface area contributed by atoms with Crippen LogP contribution in [0.4, 0.5) is 0 Å². The van der Waals surface area contributed by atoms with Gasteiger partial charge in [-0.1, -0.05) is 190 Å². The zero-order valence-electron chi connectivity index (χ0n) is 34.2. The first kappa shape index (κ1) is 36.4. The molecule has 0 N–H and O–H groups in total. The number of fused-ring (bicyclic) bond motifs is 4. The van der Waals surface area contributed by atoms with E-state index in [-0.39, 0.29) is 5.41 Å². The Morgan fingerprint density at radius 1 is 0.279 bits per heavy atom. The summed E-state index contributed by atoms with van der Waals surface area (Å²) in [7, 11) is 0. The monoisotopic (exact) mass is 778 g/mol. The highest BCUT2D eigenvalue weighted by atomic mass is 14.9. The van der Waals surface area contributed by atoms with Crippen molar-refractivity contribution in [1.29, 1.82) is 0 Å². The molecule has 1 aromatic heterocycles. The van der Waals surface area contributed by atoms with Gasteiger partial charge in [-0.3, -0.25) is 0 Å². The summed E-state index contributed by atoms with van der Waals surface area (Å²) in [6, 6.07) is 78.7.